The molecule has 0 radical (unpaired) electrons. The fraction of sp³-hybridized carbons (Fsp3) is 0.286. The second-order valence-corrected chi connectivity index (χ2v) is 7.08. The Morgan fingerprint density at radius 3 is 2.25 bits per heavy atom. The number of esters is 1. The van der Waals surface area contributed by atoms with Gasteiger partial charge >= 0.3 is 12.1 Å². The van der Waals surface area contributed by atoms with Crippen LogP contribution in [0.3, 0.4) is 0 Å². The third-order valence-electron chi connectivity index (χ3n) is 3.59. The third-order valence-corrected chi connectivity index (χ3v) is 3.59. The van der Waals surface area contributed by atoms with Crippen LogP contribution in [0, 0.1) is 0 Å². The van der Waals surface area contributed by atoms with E-state index >= 15 is 0 Å². The molecule has 0 atom stereocenters. The summed E-state index contributed by atoms with van der Waals surface area (Å²) in [6, 6.07) is 13.3. The molecule has 2 N–H and O–H groups in total. The first kappa shape index (κ1) is 21.0. The molecular weight excluding hydrogens is 360 g/mol. The lowest BCUT2D eigenvalue weighted by Gasteiger charge is -2.19. The summed E-state index contributed by atoms with van der Waals surface area (Å²) in [7, 11) is 1.30. The van der Waals surface area contributed by atoms with Crippen molar-refractivity contribution in [2.45, 2.75) is 32.9 Å². The van der Waals surface area contributed by atoms with Crippen LogP contribution in [0.15, 0.2) is 48.5 Å². The van der Waals surface area contributed by atoms with Crippen molar-refractivity contribution in [3.05, 3.63) is 65.2 Å². The topological polar surface area (TPSA) is 93.7 Å². The van der Waals surface area contributed by atoms with Crippen molar-refractivity contribution in [3.8, 4) is 0 Å². The van der Waals surface area contributed by atoms with Crippen LogP contribution in [0.5, 0.6) is 0 Å². The quantitative estimate of drug-likeness (QED) is 0.766. The molecule has 28 heavy (non-hydrogen) atoms. The first-order valence-corrected chi connectivity index (χ1v) is 8.73. The predicted molar refractivity (Wildman–Crippen MR) is 105 cm³/mol. The molecule has 0 fully saturated rings. The average Bonchev–Trinajstić information content (AvgIpc) is 2.65. The standard InChI is InChI=1S/C21H24N2O5/c1-21(2,3)28-20(26)22-13-14-8-10-15(11-9-14)18(24)23-17-7-5-6-16(12-17)19(25)27-4/h5-12H,13H2,1-4H3,(H,22,26)(H,23,24). The highest BCUT2D eigenvalue weighted by Crippen LogP contribution is 2.14. The highest BCUT2D eigenvalue weighted by Gasteiger charge is 2.15. The summed E-state index contributed by atoms with van der Waals surface area (Å²) >= 11 is 0. The lowest BCUT2D eigenvalue weighted by molar-refractivity contribution is 0.0522. The fourth-order valence-electron chi connectivity index (χ4n) is 2.31. The van der Waals surface area contributed by atoms with E-state index < -0.39 is 17.7 Å². The summed E-state index contributed by atoms with van der Waals surface area (Å²) in [5.41, 5.74) is 1.56. The first-order valence-electron chi connectivity index (χ1n) is 8.73. The predicted octanol–water partition coefficient (Wildman–Crippen LogP) is 3.75. The summed E-state index contributed by atoms with van der Waals surface area (Å²) in [4.78, 5) is 35.6. The molecule has 7 nitrogen and oxygen atoms in total. The number of carbonyl (C=O) groups is 3. The van der Waals surface area contributed by atoms with Gasteiger partial charge in [-0.3, -0.25) is 4.79 Å². The Labute approximate surface area is 164 Å². The Morgan fingerprint density at radius 2 is 1.64 bits per heavy atom. The molecule has 7 heteroatoms. The number of amides is 2. The van der Waals surface area contributed by atoms with Crippen molar-refractivity contribution >= 4 is 23.7 Å². The smallest absolute Gasteiger partial charge is 0.407 e. The van der Waals surface area contributed by atoms with E-state index in [0.29, 0.717) is 16.8 Å². The molecule has 0 heterocycles. The van der Waals surface area contributed by atoms with Gasteiger partial charge in [0, 0.05) is 17.8 Å². The van der Waals surface area contributed by atoms with Gasteiger partial charge in [-0.15, -0.1) is 0 Å². The molecule has 0 aromatic heterocycles. The number of hydrogen-bond acceptors (Lipinski definition) is 5. The Morgan fingerprint density at radius 1 is 0.964 bits per heavy atom. The van der Waals surface area contributed by atoms with Crippen molar-refractivity contribution in [3.63, 3.8) is 0 Å². The number of methoxy groups -OCH3 is 1. The number of rotatable bonds is 5. The number of nitrogens with one attached hydrogen (secondary N) is 2. The number of hydrogen-bond donors (Lipinski definition) is 2. The number of benzene rings is 2. The number of ether oxygens (including phenoxy) is 2. The normalized spacial score (nSPS) is 10.7. The van der Waals surface area contributed by atoms with Crippen LogP contribution in [-0.2, 0) is 16.0 Å². The van der Waals surface area contributed by atoms with E-state index in [4.69, 9.17) is 4.74 Å². The molecule has 0 aliphatic carbocycles. The van der Waals surface area contributed by atoms with E-state index in [0.717, 1.165) is 5.56 Å². The maximum absolute atomic E-state index is 12.4. The van der Waals surface area contributed by atoms with Crippen LogP contribution >= 0.6 is 0 Å². The number of alkyl carbamates (subject to hydrolysis) is 1. The Hall–Kier alpha value is -3.35. The van der Waals surface area contributed by atoms with Crippen LogP contribution in [0.1, 0.15) is 47.1 Å². The summed E-state index contributed by atoms with van der Waals surface area (Å²) < 4.78 is 9.85. The first-order chi connectivity index (χ1) is 13.2. The molecule has 148 valence electrons. The highest BCUT2D eigenvalue weighted by molar-refractivity contribution is 6.04. The molecular formula is C21H24N2O5. The second kappa shape index (κ2) is 9.03. The molecule has 2 amide bonds. The van der Waals surface area contributed by atoms with Gasteiger partial charge in [-0.25, -0.2) is 9.59 Å². The molecule has 2 aromatic rings. The zero-order chi connectivity index (χ0) is 20.7. The van der Waals surface area contributed by atoms with Crippen molar-refractivity contribution in [2.24, 2.45) is 0 Å². The van der Waals surface area contributed by atoms with Crippen LogP contribution in [0.25, 0.3) is 0 Å². The van der Waals surface area contributed by atoms with Crippen molar-refractivity contribution in [1.29, 1.82) is 0 Å². The number of anilines is 1. The van der Waals surface area contributed by atoms with Gasteiger partial charge in [-0.1, -0.05) is 18.2 Å². The van der Waals surface area contributed by atoms with Crippen LogP contribution < -0.4 is 10.6 Å². The van der Waals surface area contributed by atoms with Gasteiger partial charge < -0.3 is 20.1 Å². The van der Waals surface area contributed by atoms with Gasteiger partial charge in [0.1, 0.15) is 5.60 Å². The van der Waals surface area contributed by atoms with Gasteiger partial charge in [0.2, 0.25) is 0 Å². The van der Waals surface area contributed by atoms with E-state index in [1.54, 1.807) is 69.3 Å². The van der Waals surface area contributed by atoms with Crippen LogP contribution in [-0.4, -0.2) is 30.7 Å². The molecule has 0 aliphatic heterocycles. The summed E-state index contributed by atoms with van der Waals surface area (Å²) in [5, 5.41) is 5.40. The fourth-order valence-corrected chi connectivity index (χ4v) is 2.31. The summed E-state index contributed by atoms with van der Waals surface area (Å²) in [5.74, 6) is -0.786. The largest absolute Gasteiger partial charge is 0.465 e. The zero-order valence-corrected chi connectivity index (χ0v) is 16.4. The molecule has 0 saturated heterocycles. The molecule has 0 unspecified atom stereocenters. The Bertz CT molecular complexity index is 854. The van der Waals surface area contributed by atoms with Crippen molar-refractivity contribution < 1.29 is 23.9 Å². The van der Waals surface area contributed by atoms with Gasteiger partial charge in [-0.05, 0) is 56.7 Å². The second-order valence-electron chi connectivity index (χ2n) is 7.08. The molecule has 2 aromatic carbocycles. The van der Waals surface area contributed by atoms with Crippen LogP contribution in [0.4, 0.5) is 10.5 Å². The van der Waals surface area contributed by atoms with Gasteiger partial charge in [0.15, 0.2) is 0 Å². The molecule has 0 saturated carbocycles. The molecule has 0 bridgehead atoms. The van der Waals surface area contributed by atoms with Gasteiger partial charge in [0.05, 0.1) is 12.7 Å². The summed E-state index contributed by atoms with van der Waals surface area (Å²) in [6.45, 7) is 5.67. The SMILES string of the molecule is COC(=O)c1cccc(NC(=O)c2ccc(CNC(=O)OC(C)(C)C)cc2)c1. The average molecular weight is 384 g/mol. The van der Waals surface area contributed by atoms with Crippen LogP contribution in [0.2, 0.25) is 0 Å². The summed E-state index contributed by atoms with van der Waals surface area (Å²) in [6.07, 6.45) is -0.500. The van der Waals surface area contributed by atoms with E-state index in [2.05, 4.69) is 15.4 Å². The maximum atomic E-state index is 12.4. The van der Waals surface area contributed by atoms with E-state index in [9.17, 15) is 14.4 Å². The minimum Gasteiger partial charge on any atom is -0.465 e. The minimum atomic E-state index is -0.558. The maximum Gasteiger partial charge on any atom is 0.407 e. The highest BCUT2D eigenvalue weighted by atomic mass is 16.6. The van der Waals surface area contributed by atoms with E-state index in [1.165, 1.54) is 7.11 Å². The molecule has 0 spiro atoms. The molecule has 0 aliphatic rings. The Kier molecular flexibility index (Phi) is 6.76. The lowest BCUT2D eigenvalue weighted by Crippen LogP contribution is -2.32. The van der Waals surface area contributed by atoms with Crippen molar-refractivity contribution in [1.82, 2.24) is 5.32 Å². The van der Waals surface area contributed by atoms with E-state index in [-0.39, 0.29) is 12.5 Å². The minimum absolute atomic E-state index is 0.290. The van der Waals surface area contributed by atoms with Gasteiger partial charge in [0.25, 0.3) is 5.91 Å². The van der Waals surface area contributed by atoms with Gasteiger partial charge in [-0.2, -0.15) is 0 Å². The third kappa shape index (κ3) is 6.42. The monoisotopic (exact) mass is 384 g/mol. The lowest BCUT2D eigenvalue weighted by atomic mass is 10.1. The zero-order valence-electron chi connectivity index (χ0n) is 16.4. The molecule has 2 rings (SSSR count). The van der Waals surface area contributed by atoms with Crippen molar-refractivity contribution in [2.75, 3.05) is 12.4 Å². The Balaban J connectivity index is 1.95. The number of carbonyl (C=O) groups excluding carboxylic acids is 3. The van der Waals surface area contributed by atoms with E-state index in [1.807, 2.05) is 0 Å².